The minimum Gasteiger partial charge on any atom is -0.396 e. The van der Waals surface area contributed by atoms with Crippen LogP contribution in [0, 0.1) is 5.92 Å². The molecule has 1 aromatic carbocycles. The number of aliphatic hydroxyl groups is 1. The van der Waals surface area contributed by atoms with Crippen LogP contribution < -0.4 is 5.32 Å². The lowest BCUT2D eigenvalue weighted by Gasteiger charge is -2.16. The van der Waals surface area contributed by atoms with E-state index < -0.39 is 0 Å². The Balaban J connectivity index is 1.78. The van der Waals surface area contributed by atoms with Gasteiger partial charge in [0, 0.05) is 13.2 Å². The third-order valence-electron chi connectivity index (χ3n) is 4.16. The van der Waals surface area contributed by atoms with Gasteiger partial charge >= 0.3 is 0 Å². The Labute approximate surface area is 117 Å². The smallest absolute Gasteiger partial charge is 0.0434 e. The van der Waals surface area contributed by atoms with Crippen molar-refractivity contribution in [3.8, 4) is 0 Å². The molecule has 2 heteroatoms. The zero-order valence-corrected chi connectivity index (χ0v) is 12.1. The van der Waals surface area contributed by atoms with Crippen LogP contribution in [0.4, 0.5) is 0 Å². The van der Waals surface area contributed by atoms with Gasteiger partial charge in [0.05, 0.1) is 0 Å². The molecule has 0 spiro atoms. The van der Waals surface area contributed by atoms with E-state index in [9.17, 15) is 0 Å². The maximum Gasteiger partial charge on any atom is 0.0434 e. The second-order valence-corrected chi connectivity index (χ2v) is 5.75. The number of hydrogen-bond donors (Lipinski definition) is 2. The molecule has 1 aliphatic carbocycles. The standard InChI is InChI=1S/C17H27NO/c1-2-4-14(9-10-19)12-18-13-15-7-8-16-5-3-6-17(16)11-15/h7-8,11,14,18-19H,2-6,9-10,12-13H2,1H3. The Hall–Kier alpha value is -0.860. The molecule has 0 heterocycles. The molecule has 0 aliphatic heterocycles. The van der Waals surface area contributed by atoms with Gasteiger partial charge in [-0.25, -0.2) is 0 Å². The second kappa shape index (κ2) is 7.66. The first-order chi connectivity index (χ1) is 9.33. The Morgan fingerprint density at radius 1 is 1.21 bits per heavy atom. The Bertz CT molecular complexity index is 383. The van der Waals surface area contributed by atoms with Gasteiger partial charge in [0.15, 0.2) is 0 Å². The summed E-state index contributed by atoms with van der Waals surface area (Å²) < 4.78 is 0. The largest absolute Gasteiger partial charge is 0.396 e. The summed E-state index contributed by atoms with van der Waals surface area (Å²) in [4.78, 5) is 0. The monoisotopic (exact) mass is 261 g/mol. The highest BCUT2D eigenvalue weighted by atomic mass is 16.3. The number of rotatable bonds is 8. The third-order valence-corrected chi connectivity index (χ3v) is 4.16. The van der Waals surface area contributed by atoms with Gasteiger partial charge in [-0.1, -0.05) is 31.5 Å². The van der Waals surface area contributed by atoms with Crippen LogP contribution >= 0.6 is 0 Å². The molecular formula is C17H27NO. The summed E-state index contributed by atoms with van der Waals surface area (Å²) in [7, 11) is 0. The molecule has 0 saturated carbocycles. The topological polar surface area (TPSA) is 32.3 Å². The zero-order valence-electron chi connectivity index (χ0n) is 12.1. The molecule has 2 rings (SSSR count). The highest BCUT2D eigenvalue weighted by Gasteiger charge is 2.11. The second-order valence-electron chi connectivity index (χ2n) is 5.75. The van der Waals surface area contributed by atoms with Crippen molar-refractivity contribution in [2.24, 2.45) is 5.92 Å². The van der Waals surface area contributed by atoms with Crippen LogP contribution in [0.3, 0.4) is 0 Å². The van der Waals surface area contributed by atoms with E-state index in [2.05, 4.69) is 30.4 Å². The molecule has 0 radical (unpaired) electrons. The molecule has 0 amide bonds. The van der Waals surface area contributed by atoms with E-state index in [-0.39, 0.29) is 0 Å². The van der Waals surface area contributed by atoms with Crippen LogP contribution in [-0.2, 0) is 19.4 Å². The lowest BCUT2D eigenvalue weighted by molar-refractivity contribution is 0.248. The number of benzene rings is 1. The minimum absolute atomic E-state index is 0.311. The number of fused-ring (bicyclic) bond motifs is 1. The Morgan fingerprint density at radius 3 is 2.84 bits per heavy atom. The Morgan fingerprint density at radius 2 is 2.05 bits per heavy atom. The van der Waals surface area contributed by atoms with Crippen molar-refractivity contribution < 1.29 is 5.11 Å². The van der Waals surface area contributed by atoms with Gasteiger partial charge in [-0.3, -0.25) is 0 Å². The zero-order chi connectivity index (χ0) is 13.5. The van der Waals surface area contributed by atoms with Crippen molar-refractivity contribution in [2.45, 2.75) is 52.0 Å². The fraction of sp³-hybridized carbons (Fsp3) is 0.647. The van der Waals surface area contributed by atoms with Crippen molar-refractivity contribution in [1.29, 1.82) is 0 Å². The van der Waals surface area contributed by atoms with Crippen molar-refractivity contribution in [2.75, 3.05) is 13.2 Å². The normalized spacial score (nSPS) is 15.5. The van der Waals surface area contributed by atoms with Gasteiger partial charge in [0.2, 0.25) is 0 Å². The van der Waals surface area contributed by atoms with Crippen LogP contribution in [0.1, 0.15) is 49.3 Å². The summed E-state index contributed by atoms with van der Waals surface area (Å²) in [6, 6.07) is 6.94. The van der Waals surface area contributed by atoms with E-state index in [1.165, 1.54) is 37.7 Å². The first kappa shape index (κ1) is 14.5. The van der Waals surface area contributed by atoms with Gasteiger partial charge in [0.25, 0.3) is 0 Å². The average Bonchev–Trinajstić information content (AvgIpc) is 2.86. The predicted molar refractivity (Wildman–Crippen MR) is 80.3 cm³/mol. The number of aryl methyl sites for hydroxylation is 2. The first-order valence-electron chi connectivity index (χ1n) is 7.75. The summed E-state index contributed by atoms with van der Waals surface area (Å²) in [5.74, 6) is 0.615. The molecule has 0 fully saturated rings. The van der Waals surface area contributed by atoms with Crippen molar-refractivity contribution in [1.82, 2.24) is 5.32 Å². The molecule has 1 unspecified atom stereocenters. The van der Waals surface area contributed by atoms with Crippen LogP contribution in [0.25, 0.3) is 0 Å². The highest BCUT2D eigenvalue weighted by Crippen LogP contribution is 2.22. The molecule has 106 valence electrons. The lowest BCUT2D eigenvalue weighted by Crippen LogP contribution is -2.23. The quantitative estimate of drug-likeness (QED) is 0.754. The molecule has 0 bridgehead atoms. The van der Waals surface area contributed by atoms with Crippen LogP contribution in [0.15, 0.2) is 18.2 Å². The fourth-order valence-electron chi connectivity index (χ4n) is 3.10. The van der Waals surface area contributed by atoms with Crippen molar-refractivity contribution in [3.63, 3.8) is 0 Å². The molecule has 1 aromatic rings. The van der Waals surface area contributed by atoms with Crippen LogP contribution in [0.5, 0.6) is 0 Å². The predicted octanol–water partition coefficient (Wildman–Crippen LogP) is 3.06. The SMILES string of the molecule is CCCC(CCO)CNCc1ccc2c(c1)CCC2. The van der Waals surface area contributed by atoms with Gasteiger partial charge in [0.1, 0.15) is 0 Å². The van der Waals surface area contributed by atoms with Crippen LogP contribution in [0.2, 0.25) is 0 Å². The average molecular weight is 261 g/mol. The molecule has 19 heavy (non-hydrogen) atoms. The van der Waals surface area contributed by atoms with E-state index in [0.717, 1.165) is 19.5 Å². The fourth-order valence-corrected chi connectivity index (χ4v) is 3.10. The number of nitrogens with one attached hydrogen (secondary N) is 1. The summed E-state index contributed by atoms with van der Waals surface area (Å²) >= 11 is 0. The van der Waals surface area contributed by atoms with E-state index >= 15 is 0 Å². The summed E-state index contributed by atoms with van der Waals surface area (Å²) in [5.41, 5.74) is 4.51. The Kier molecular flexibility index (Phi) is 5.87. The maximum absolute atomic E-state index is 9.06. The summed E-state index contributed by atoms with van der Waals surface area (Å²) in [6.45, 7) is 4.50. The van der Waals surface area contributed by atoms with E-state index in [1.807, 2.05) is 0 Å². The molecule has 1 atom stereocenters. The van der Waals surface area contributed by atoms with E-state index in [4.69, 9.17) is 5.11 Å². The van der Waals surface area contributed by atoms with Gasteiger partial charge in [-0.15, -0.1) is 0 Å². The van der Waals surface area contributed by atoms with Crippen molar-refractivity contribution >= 4 is 0 Å². The molecule has 2 N–H and O–H groups in total. The highest BCUT2D eigenvalue weighted by molar-refractivity contribution is 5.35. The molecular weight excluding hydrogens is 234 g/mol. The number of aliphatic hydroxyl groups excluding tert-OH is 1. The number of hydrogen-bond acceptors (Lipinski definition) is 2. The minimum atomic E-state index is 0.311. The first-order valence-corrected chi connectivity index (χ1v) is 7.75. The van der Waals surface area contributed by atoms with E-state index in [0.29, 0.717) is 12.5 Å². The molecule has 0 aromatic heterocycles. The van der Waals surface area contributed by atoms with Gasteiger partial charge in [-0.2, -0.15) is 0 Å². The maximum atomic E-state index is 9.06. The third kappa shape index (κ3) is 4.32. The lowest BCUT2D eigenvalue weighted by atomic mass is 10.00. The van der Waals surface area contributed by atoms with E-state index in [1.54, 1.807) is 11.1 Å². The van der Waals surface area contributed by atoms with Crippen LogP contribution in [-0.4, -0.2) is 18.3 Å². The summed E-state index contributed by atoms with van der Waals surface area (Å²) in [5, 5.41) is 12.6. The summed E-state index contributed by atoms with van der Waals surface area (Å²) in [6.07, 6.45) is 7.17. The molecule has 2 nitrogen and oxygen atoms in total. The molecule has 0 saturated heterocycles. The van der Waals surface area contributed by atoms with Crippen molar-refractivity contribution in [3.05, 3.63) is 34.9 Å². The van der Waals surface area contributed by atoms with Gasteiger partial charge < -0.3 is 10.4 Å². The van der Waals surface area contributed by atoms with Gasteiger partial charge in [-0.05, 0) is 61.3 Å². The molecule has 1 aliphatic rings.